The Morgan fingerprint density at radius 3 is 2.50 bits per heavy atom. The van der Waals surface area contributed by atoms with Crippen LogP contribution in [0.5, 0.6) is 0 Å². The molecule has 0 aromatic carbocycles. The van der Waals surface area contributed by atoms with Crippen molar-refractivity contribution in [3.05, 3.63) is 18.5 Å². The molecule has 0 aliphatic rings. The van der Waals surface area contributed by atoms with Crippen LogP contribution in [0, 0.1) is 6.07 Å². The number of hydrogen-bond donors (Lipinski definition) is 0. The summed E-state index contributed by atoms with van der Waals surface area (Å²) in [7, 11) is 1.86. The molecule has 0 bridgehead atoms. The molecule has 8 heavy (non-hydrogen) atoms. The fraction of sp³-hybridized carbons (Fsp3) is 0.250. The summed E-state index contributed by atoms with van der Waals surface area (Å²) in [4.78, 5) is 0. The molecule has 2 nitrogen and oxygen atoms in total. The Bertz CT molecular complexity index is 118. The summed E-state index contributed by atoms with van der Waals surface area (Å²) in [6.45, 7) is 0. The molecule has 1 rings (SSSR count). The van der Waals surface area contributed by atoms with Crippen molar-refractivity contribution in [2.24, 2.45) is 7.05 Å². The third-order valence-electron chi connectivity index (χ3n) is 0.576. The number of nitrogens with zero attached hydrogens (tertiary/aromatic N) is 2. The monoisotopic (exact) mass is 224 g/mol. The van der Waals surface area contributed by atoms with Crippen molar-refractivity contribution in [2.75, 3.05) is 0 Å². The molecule has 0 unspecified atom stereocenters. The van der Waals surface area contributed by atoms with Gasteiger partial charge in [-0.25, -0.2) is 5.10 Å². The van der Waals surface area contributed by atoms with Crippen LogP contribution in [-0.4, -0.2) is 9.78 Å². The van der Waals surface area contributed by atoms with Crippen LogP contribution in [0.15, 0.2) is 12.4 Å². The summed E-state index contributed by atoms with van der Waals surface area (Å²) < 4.78 is 1.69. The molecule has 0 atom stereocenters. The second-order valence-corrected chi connectivity index (χ2v) is 1.11. The summed E-state index contributed by atoms with van der Waals surface area (Å²) in [5, 5.41) is 3.78. The van der Waals surface area contributed by atoms with E-state index in [0.717, 1.165) is 0 Å². The summed E-state index contributed by atoms with van der Waals surface area (Å²) >= 11 is 4.25. The van der Waals surface area contributed by atoms with Crippen LogP contribution >= 0.6 is 13.6 Å². The average molecular weight is 226 g/mol. The Hall–Kier alpha value is 0.313. The van der Waals surface area contributed by atoms with Gasteiger partial charge in [-0.15, -0.1) is 6.20 Å². The van der Waals surface area contributed by atoms with E-state index in [2.05, 4.69) is 24.8 Å². The third-order valence-corrected chi connectivity index (χ3v) is 0.576. The topological polar surface area (TPSA) is 17.8 Å². The van der Waals surface area contributed by atoms with Crippen LogP contribution in [0.25, 0.3) is 0 Å². The Kier molecular flexibility index (Phi) is 5.66. The molecule has 0 fully saturated rings. The van der Waals surface area contributed by atoms with Crippen LogP contribution in [0.1, 0.15) is 0 Å². The number of rotatable bonds is 0. The first-order valence-corrected chi connectivity index (χ1v) is 8.96. The molecular weight excluding hydrogens is 221 g/mol. The third kappa shape index (κ3) is 3.33. The fourth-order valence-corrected chi connectivity index (χ4v) is 0.299. The Morgan fingerprint density at radius 1 is 1.75 bits per heavy atom. The van der Waals surface area contributed by atoms with Gasteiger partial charge < -0.3 is 10.7 Å². The Labute approximate surface area is 65.3 Å². The van der Waals surface area contributed by atoms with Crippen LogP contribution in [-0.2, 0) is 23.4 Å². The van der Waals surface area contributed by atoms with Gasteiger partial charge in [0.2, 0.25) is 0 Å². The van der Waals surface area contributed by atoms with E-state index in [4.69, 9.17) is 0 Å². The van der Waals surface area contributed by atoms with Gasteiger partial charge >= 0.3 is 30.0 Å². The van der Waals surface area contributed by atoms with E-state index >= 15 is 0 Å². The Balaban J connectivity index is 0.000000222. The van der Waals surface area contributed by atoms with Crippen molar-refractivity contribution in [3.8, 4) is 0 Å². The molecule has 0 radical (unpaired) electrons. The molecule has 0 N–H and O–H groups in total. The molecule has 40 valence electrons. The van der Waals surface area contributed by atoms with Crippen molar-refractivity contribution >= 4 is 13.6 Å². The first-order chi connectivity index (χ1) is 3.89. The molecule has 0 aliphatic carbocycles. The van der Waals surface area contributed by atoms with Gasteiger partial charge in [0, 0.05) is 7.05 Å². The van der Waals surface area contributed by atoms with E-state index in [1.54, 1.807) is 17.1 Å². The van der Waals surface area contributed by atoms with Gasteiger partial charge in [-0.2, -0.15) is 6.20 Å². The van der Waals surface area contributed by atoms with Gasteiger partial charge in [-0.3, -0.25) is 0 Å². The molecule has 0 saturated carbocycles. The zero-order valence-corrected chi connectivity index (χ0v) is 9.19. The van der Waals surface area contributed by atoms with Crippen LogP contribution in [0.3, 0.4) is 0 Å². The van der Waals surface area contributed by atoms with Crippen LogP contribution in [0.4, 0.5) is 0 Å². The summed E-state index contributed by atoms with van der Waals surface area (Å²) in [6, 6.07) is 2.78. The fourth-order valence-electron chi connectivity index (χ4n) is 0.299. The number of aryl methyl sites for hydroxylation is 1. The van der Waals surface area contributed by atoms with E-state index in [9.17, 15) is 0 Å². The van der Waals surface area contributed by atoms with Crippen molar-refractivity contribution in [3.63, 3.8) is 0 Å². The van der Waals surface area contributed by atoms with E-state index < -0.39 is 0 Å². The molecule has 4 heteroatoms. The van der Waals surface area contributed by atoms with Gasteiger partial charge in [0.1, 0.15) is 0 Å². The summed E-state index contributed by atoms with van der Waals surface area (Å²) in [6.07, 6.45) is 3.39. The van der Waals surface area contributed by atoms with Gasteiger partial charge in [-0.05, 0) is 0 Å². The average Bonchev–Trinajstić information content (AvgIpc) is 2.24. The van der Waals surface area contributed by atoms with Gasteiger partial charge in [0.05, 0.1) is 0 Å². The standard InChI is InChI=1S/C4H5N2.BrH.Zn/c1-6-4-2-3-5-6;;/h3-4H,1H3;1H;/q-1;;+2/p-1. The zero-order valence-electron chi connectivity index (χ0n) is 4.63. The van der Waals surface area contributed by atoms with E-state index in [-0.39, 0.29) is 0 Å². The van der Waals surface area contributed by atoms with Crippen LogP contribution in [0.2, 0.25) is 0 Å². The van der Waals surface area contributed by atoms with Crippen molar-refractivity contribution < 1.29 is 16.3 Å². The predicted molar refractivity (Wildman–Crippen MR) is 31.0 cm³/mol. The molecule has 1 aromatic rings. The number of hydrogen-bond acceptors (Lipinski definition) is 1. The zero-order chi connectivity index (χ0) is 6.41. The first-order valence-electron chi connectivity index (χ1n) is 2.01. The molecule has 0 spiro atoms. The normalized spacial score (nSPS) is 7.50. The molecule has 0 amide bonds. The minimum atomic E-state index is 1.19. The Morgan fingerprint density at radius 2 is 2.38 bits per heavy atom. The maximum atomic E-state index is 3.78. The molecule has 0 aliphatic heterocycles. The van der Waals surface area contributed by atoms with E-state index in [1.165, 1.54) is 16.3 Å². The van der Waals surface area contributed by atoms with Crippen LogP contribution < -0.4 is 0 Å². The summed E-state index contributed by atoms with van der Waals surface area (Å²) in [5.41, 5.74) is 0. The van der Waals surface area contributed by atoms with Crippen molar-refractivity contribution in [1.29, 1.82) is 0 Å². The SMILES string of the molecule is Cn1c[c-]cn1.[Zn+][Br]. The maximum absolute atomic E-state index is 3.78. The van der Waals surface area contributed by atoms with E-state index in [1.807, 2.05) is 7.05 Å². The molecule has 1 aromatic heterocycles. The minimum absolute atomic E-state index is 1.19. The molecule has 0 saturated heterocycles. The second-order valence-electron chi connectivity index (χ2n) is 1.11. The van der Waals surface area contributed by atoms with E-state index in [0.29, 0.717) is 0 Å². The molecule has 1 heterocycles. The first kappa shape index (κ1) is 8.31. The predicted octanol–water partition coefficient (Wildman–Crippen LogP) is 1.06. The van der Waals surface area contributed by atoms with Crippen molar-refractivity contribution in [2.45, 2.75) is 0 Å². The van der Waals surface area contributed by atoms with Gasteiger partial charge in [-0.1, -0.05) is 0 Å². The number of aromatic nitrogens is 2. The second kappa shape index (κ2) is 5.45. The number of halogens is 1. The molecular formula is C4H5BrN2Zn. The quantitative estimate of drug-likeness (QED) is 0.478. The van der Waals surface area contributed by atoms with Gasteiger partial charge in [0.25, 0.3) is 0 Å². The van der Waals surface area contributed by atoms with Crippen molar-refractivity contribution in [1.82, 2.24) is 9.78 Å². The summed E-state index contributed by atoms with van der Waals surface area (Å²) in [5.74, 6) is 0. The van der Waals surface area contributed by atoms with Gasteiger partial charge in [0.15, 0.2) is 0 Å².